The van der Waals surface area contributed by atoms with Gasteiger partial charge in [0.25, 0.3) is 5.91 Å². The third-order valence-corrected chi connectivity index (χ3v) is 2.66. The number of rotatable bonds is 2. The van der Waals surface area contributed by atoms with Crippen molar-refractivity contribution in [3.63, 3.8) is 0 Å². The van der Waals surface area contributed by atoms with Crippen LogP contribution in [0.4, 0.5) is 5.69 Å². The van der Waals surface area contributed by atoms with E-state index in [0.29, 0.717) is 0 Å². The summed E-state index contributed by atoms with van der Waals surface area (Å²) in [5.41, 5.74) is 4.16. The van der Waals surface area contributed by atoms with Gasteiger partial charge in [0.05, 0.1) is 0 Å². The molecule has 0 radical (unpaired) electrons. The molecule has 0 bridgehead atoms. The van der Waals surface area contributed by atoms with Gasteiger partial charge in [0.2, 0.25) is 0 Å². The summed E-state index contributed by atoms with van der Waals surface area (Å²) >= 11 is 0. The molecule has 0 spiro atoms. The number of aliphatic hydroxyl groups excluding tert-OH is 1. The van der Waals surface area contributed by atoms with Gasteiger partial charge in [0.1, 0.15) is 6.10 Å². The first kappa shape index (κ1) is 12.7. The van der Waals surface area contributed by atoms with Gasteiger partial charge in [0, 0.05) is 12.7 Å². The Bertz CT molecular complexity index is 387. The molecule has 1 aromatic carbocycles. The fraction of sp³-hybridized carbons (Fsp3) is 0.462. The lowest BCUT2D eigenvalue weighted by molar-refractivity contribution is -0.125. The molecule has 3 heteroatoms. The van der Waals surface area contributed by atoms with Crippen molar-refractivity contribution in [1.29, 1.82) is 0 Å². The number of aryl methyl sites for hydroxylation is 3. The topological polar surface area (TPSA) is 40.5 Å². The minimum absolute atomic E-state index is 0.282. The maximum atomic E-state index is 11.7. The van der Waals surface area contributed by atoms with Crippen molar-refractivity contribution in [2.45, 2.75) is 33.8 Å². The van der Waals surface area contributed by atoms with Crippen molar-refractivity contribution >= 4 is 11.6 Å². The molecular weight excluding hydrogens is 202 g/mol. The lowest BCUT2D eigenvalue weighted by atomic mass is 10.0. The number of hydrogen-bond acceptors (Lipinski definition) is 2. The van der Waals surface area contributed by atoms with Gasteiger partial charge in [-0.2, -0.15) is 0 Å². The van der Waals surface area contributed by atoms with Crippen molar-refractivity contribution < 1.29 is 9.90 Å². The molecule has 1 atom stereocenters. The van der Waals surface area contributed by atoms with Gasteiger partial charge in [-0.3, -0.25) is 4.79 Å². The maximum absolute atomic E-state index is 11.7. The fourth-order valence-electron chi connectivity index (χ4n) is 2.09. The Balaban J connectivity index is 3.18. The Labute approximate surface area is 96.7 Å². The van der Waals surface area contributed by atoms with Crippen LogP contribution in [0.15, 0.2) is 12.1 Å². The van der Waals surface area contributed by atoms with Gasteiger partial charge in [-0.15, -0.1) is 0 Å². The number of carbonyl (C=O) groups excluding carboxylic acids is 1. The SMILES string of the molecule is Cc1cc(C)c(N(C)C(=O)C(C)O)c(C)c1. The van der Waals surface area contributed by atoms with Crippen molar-refractivity contribution in [3.8, 4) is 0 Å². The zero-order valence-corrected chi connectivity index (χ0v) is 10.5. The van der Waals surface area contributed by atoms with Crippen molar-refractivity contribution in [3.05, 3.63) is 28.8 Å². The Kier molecular flexibility index (Phi) is 3.70. The van der Waals surface area contributed by atoms with Crippen molar-refractivity contribution in [2.24, 2.45) is 0 Å². The largest absolute Gasteiger partial charge is 0.384 e. The second-order valence-electron chi connectivity index (χ2n) is 4.32. The van der Waals surface area contributed by atoms with Crippen LogP contribution in [0.5, 0.6) is 0 Å². The zero-order valence-electron chi connectivity index (χ0n) is 10.5. The lowest BCUT2D eigenvalue weighted by Gasteiger charge is -2.23. The van der Waals surface area contributed by atoms with Gasteiger partial charge < -0.3 is 10.0 Å². The normalized spacial score (nSPS) is 12.4. The lowest BCUT2D eigenvalue weighted by Crippen LogP contribution is -2.35. The quantitative estimate of drug-likeness (QED) is 0.829. The molecule has 1 amide bonds. The molecule has 16 heavy (non-hydrogen) atoms. The summed E-state index contributed by atoms with van der Waals surface area (Å²) in [5.74, 6) is -0.282. The van der Waals surface area contributed by atoms with E-state index in [1.807, 2.05) is 32.9 Å². The van der Waals surface area contributed by atoms with Gasteiger partial charge in [0.15, 0.2) is 0 Å². The highest BCUT2D eigenvalue weighted by molar-refractivity contribution is 5.97. The summed E-state index contributed by atoms with van der Waals surface area (Å²) in [6, 6.07) is 4.07. The average molecular weight is 221 g/mol. The number of anilines is 1. The molecule has 0 aliphatic heterocycles. The van der Waals surface area contributed by atoms with Crippen LogP contribution >= 0.6 is 0 Å². The molecule has 0 saturated carbocycles. The van der Waals surface area contributed by atoms with Crippen LogP contribution in [-0.2, 0) is 4.79 Å². The molecule has 0 saturated heterocycles. The first-order valence-corrected chi connectivity index (χ1v) is 5.38. The molecule has 0 aliphatic carbocycles. The number of hydrogen-bond donors (Lipinski definition) is 1. The van der Waals surface area contributed by atoms with Crippen LogP contribution < -0.4 is 4.90 Å². The smallest absolute Gasteiger partial charge is 0.255 e. The van der Waals surface area contributed by atoms with Crippen LogP contribution in [0, 0.1) is 20.8 Å². The molecule has 0 fully saturated rings. The summed E-state index contributed by atoms with van der Waals surface area (Å²) in [6.45, 7) is 7.46. The van der Waals surface area contributed by atoms with Gasteiger partial charge >= 0.3 is 0 Å². The Morgan fingerprint density at radius 1 is 1.25 bits per heavy atom. The third-order valence-electron chi connectivity index (χ3n) is 2.66. The predicted molar refractivity (Wildman–Crippen MR) is 65.7 cm³/mol. The molecule has 1 rings (SSSR count). The number of likely N-dealkylation sites (N-methyl/N-ethyl adjacent to an activating group) is 1. The summed E-state index contributed by atoms with van der Waals surface area (Å²) < 4.78 is 0. The third kappa shape index (κ3) is 2.42. The van der Waals surface area contributed by atoms with Crippen molar-refractivity contribution in [1.82, 2.24) is 0 Å². The number of aliphatic hydroxyl groups is 1. The van der Waals surface area contributed by atoms with Crippen LogP contribution in [0.3, 0.4) is 0 Å². The maximum Gasteiger partial charge on any atom is 0.255 e. The number of amides is 1. The summed E-state index contributed by atoms with van der Waals surface area (Å²) in [6.07, 6.45) is -0.967. The van der Waals surface area contributed by atoms with Crippen LogP contribution in [-0.4, -0.2) is 24.2 Å². The standard InChI is InChI=1S/C13H19NO2/c1-8-6-9(2)12(10(3)7-8)14(5)13(16)11(4)15/h6-7,11,15H,1-5H3. The van der Waals surface area contributed by atoms with Crippen molar-refractivity contribution in [2.75, 3.05) is 11.9 Å². The summed E-state index contributed by atoms with van der Waals surface area (Å²) in [7, 11) is 1.69. The molecular formula is C13H19NO2. The van der Waals surface area contributed by atoms with Gasteiger partial charge in [-0.05, 0) is 38.8 Å². The molecule has 88 valence electrons. The van der Waals surface area contributed by atoms with E-state index >= 15 is 0 Å². The van der Waals surface area contributed by atoms with Crippen LogP contribution in [0.2, 0.25) is 0 Å². The van der Waals surface area contributed by atoms with Gasteiger partial charge in [-0.1, -0.05) is 17.7 Å². The molecule has 0 heterocycles. The first-order chi connectivity index (χ1) is 7.34. The zero-order chi connectivity index (χ0) is 12.5. The van der Waals surface area contributed by atoms with E-state index in [4.69, 9.17) is 0 Å². The molecule has 3 nitrogen and oxygen atoms in total. The van der Waals surface area contributed by atoms with E-state index in [1.165, 1.54) is 17.4 Å². The van der Waals surface area contributed by atoms with E-state index in [9.17, 15) is 9.90 Å². The monoisotopic (exact) mass is 221 g/mol. The van der Waals surface area contributed by atoms with Gasteiger partial charge in [-0.25, -0.2) is 0 Å². The predicted octanol–water partition coefficient (Wildman–Crippen LogP) is 1.96. The molecule has 1 unspecified atom stereocenters. The van der Waals surface area contributed by atoms with E-state index < -0.39 is 6.10 Å². The van der Waals surface area contributed by atoms with Crippen LogP contribution in [0.25, 0.3) is 0 Å². The molecule has 1 N–H and O–H groups in total. The molecule has 0 aliphatic rings. The first-order valence-electron chi connectivity index (χ1n) is 5.38. The fourth-order valence-corrected chi connectivity index (χ4v) is 2.09. The molecule has 0 aromatic heterocycles. The van der Waals surface area contributed by atoms with E-state index in [1.54, 1.807) is 7.05 Å². The number of carbonyl (C=O) groups is 1. The highest BCUT2D eigenvalue weighted by Crippen LogP contribution is 2.25. The minimum Gasteiger partial charge on any atom is -0.384 e. The molecule has 1 aromatic rings. The Hall–Kier alpha value is -1.35. The summed E-state index contributed by atoms with van der Waals surface area (Å²) in [4.78, 5) is 13.2. The van der Waals surface area contributed by atoms with Crippen LogP contribution in [0.1, 0.15) is 23.6 Å². The van der Waals surface area contributed by atoms with E-state index in [0.717, 1.165) is 16.8 Å². The van der Waals surface area contributed by atoms with E-state index in [2.05, 4.69) is 0 Å². The van der Waals surface area contributed by atoms with E-state index in [-0.39, 0.29) is 5.91 Å². The average Bonchev–Trinajstić information content (AvgIpc) is 2.14. The Morgan fingerprint density at radius 3 is 2.06 bits per heavy atom. The second-order valence-corrected chi connectivity index (χ2v) is 4.32. The highest BCUT2D eigenvalue weighted by Gasteiger charge is 2.19. The highest BCUT2D eigenvalue weighted by atomic mass is 16.3. The summed E-state index contributed by atoms with van der Waals surface area (Å²) in [5, 5.41) is 9.30. The number of benzene rings is 1. The second kappa shape index (κ2) is 4.66. The minimum atomic E-state index is -0.967. The number of nitrogens with zero attached hydrogens (tertiary/aromatic N) is 1. The Morgan fingerprint density at radius 2 is 1.69 bits per heavy atom.